The molecule has 2 saturated carbocycles. The number of urea groups is 1. The quantitative estimate of drug-likeness (QED) is 0.552. The number of ether oxygens (including phenoxy) is 1. The van der Waals surface area contributed by atoms with Gasteiger partial charge < -0.3 is 20.3 Å². The lowest BCUT2D eigenvalue weighted by atomic mass is 10.1. The highest BCUT2D eigenvalue weighted by molar-refractivity contribution is 7.93. The van der Waals surface area contributed by atoms with Gasteiger partial charge in [0.15, 0.2) is 15.7 Å². The number of anilines is 2. The molecular weight excluding hydrogens is 485 g/mol. The van der Waals surface area contributed by atoms with Gasteiger partial charge in [0.05, 0.1) is 36.2 Å². The summed E-state index contributed by atoms with van der Waals surface area (Å²) >= 11 is 0. The number of hydrogen-bond donors (Lipinski definition) is 2. The van der Waals surface area contributed by atoms with E-state index in [2.05, 4.69) is 29.4 Å². The average molecular weight is 518 g/mol. The Bertz CT molecular complexity index is 1220. The summed E-state index contributed by atoms with van der Waals surface area (Å²) in [6.45, 7) is 4.57. The van der Waals surface area contributed by atoms with Gasteiger partial charge in [0.1, 0.15) is 17.2 Å². The summed E-state index contributed by atoms with van der Waals surface area (Å²) in [5.74, 6) is 1.14. The number of nitrogens with zero attached hydrogens (tertiary/aromatic N) is 3. The van der Waals surface area contributed by atoms with Gasteiger partial charge in [-0.2, -0.15) is 0 Å². The molecule has 0 bridgehead atoms. The van der Waals surface area contributed by atoms with Crippen LogP contribution in [0.5, 0.6) is 0 Å². The number of morpholine rings is 1. The van der Waals surface area contributed by atoms with Crippen LogP contribution in [0.2, 0.25) is 0 Å². The maximum Gasteiger partial charge on any atom is 0.319 e. The van der Waals surface area contributed by atoms with Crippen LogP contribution in [0.1, 0.15) is 45.2 Å². The van der Waals surface area contributed by atoms with Crippen LogP contribution >= 0.6 is 0 Å². The summed E-state index contributed by atoms with van der Waals surface area (Å²) in [5, 5.41) is 4.81. The summed E-state index contributed by atoms with van der Waals surface area (Å²) in [4.78, 5) is 23.7. The summed E-state index contributed by atoms with van der Waals surface area (Å²) < 4.78 is 43.8. The number of alkyl halides is 1. The molecule has 2 aromatic rings. The Balaban J connectivity index is 1.51. The molecule has 5 rings (SSSR count). The third-order valence-corrected chi connectivity index (χ3v) is 10.2. The van der Waals surface area contributed by atoms with Crippen molar-refractivity contribution < 1.29 is 22.3 Å². The van der Waals surface area contributed by atoms with E-state index >= 15 is 0 Å². The Hall–Kier alpha value is -2.79. The molecule has 2 amide bonds. The van der Waals surface area contributed by atoms with Crippen molar-refractivity contribution in [3.8, 4) is 11.4 Å². The van der Waals surface area contributed by atoms with E-state index in [-0.39, 0.29) is 23.9 Å². The van der Waals surface area contributed by atoms with Crippen LogP contribution in [-0.4, -0.2) is 68.2 Å². The van der Waals surface area contributed by atoms with Gasteiger partial charge in [0.2, 0.25) is 0 Å². The van der Waals surface area contributed by atoms with Crippen molar-refractivity contribution in [1.29, 1.82) is 0 Å². The average Bonchev–Trinajstić information content (AvgIpc) is 3.76. The molecule has 3 aliphatic rings. The van der Waals surface area contributed by atoms with Crippen molar-refractivity contribution in [2.75, 3.05) is 36.6 Å². The van der Waals surface area contributed by atoms with Crippen LogP contribution in [0.3, 0.4) is 0 Å². The van der Waals surface area contributed by atoms with Gasteiger partial charge in [0, 0.05) is 23.9 Å². The molecule has 1 aromatic carbocycles. The molecule has 2 heterocycles. The van der Waals surface area contributed by atoms with E-state index in [1.165, 1.54) is 0 Å². The second kappa shape index (κ2) is 9.59. The van der Waals surface area contributed by atoms with Crippen LogP contribution in [0.15, 0.2) is 30.3 Å². The van der Waals surface area contributed by atoms with Crippen molar-refractivity contribution >= 4 is 27.4 Å². The van der Waals surface area contributed by atoms with Gasteiger partial charge in [0.25, 0.3) is 0 Å². The number of aromatic nitrogens is 2. The minimum atomic E-state index is -3.32. The first-order chi connectivity index (χ1) is 17.2. The zero-order valence-electron chi connectivity index (χ0n) is 20.5. The molecule has 0 radical (unpaired) electrons. The molecule has 2 aliphatic carbocycles. The Kier molecular flexibility index (Phi) is 6.63. The number of hydrogen-bond acceptors (Lipinski definition) is 7. The molecule has 9 nitrogen and oxygen atoms in total. The molecule has 3 fully saturated rings. The summed E-state index contributed by atoms with van der Waals surface area (Å²) in [5.41, 5.74) is 1.81. The fourth-order valence-corrected chi connectivity index (χ4v) is 7.38. The number of halogens is 1. The van der Waals surface area contributed by atoms with Gasteiger partial charge in [-0.05, 0) is 63.8 Å². The Labute approximate surface area is 210 Å². The molecule has 11 heteroatoms. The molecule has 1 saturated heterocycles. The van der Waals surface area contributed by atoms with Crippen molar-refractivity contribution in [2.24, 2.45) is 0 Å². The van der Waals surface area contributed by atoms with Crippen LogP contribution < -0.4 is 15.5 Å². The normalized spacial score (nSPS) is 23.2. The molecule has 2 atom stereocenters. The topological polar surface area (TPSA) is 114 Å². The highest BCUT2D eigenvalue weighted by atomic mass is 32.2. The van der Waals surface area contributed by atoms with Crippen molar-refractivity contribution in [1.82, 2.24) is 15.3 Å². The van der Waals surface area contributed by atoms with E-state index in [1.807, 2.05) is 6.07 Å². The number of sulfone groups is 1. The van der Waals surface area contributed by atoms with E-state index in [0.717, 1.165) is 12.8 Å². The number of carbonyl (C=O) groups excluding carboxylic acids is 1. The lowest BCUT2D eigenvalue weighted by molar-refractivity contribution is 0.0752. The number of amides is 2. The van der Waals surface area contributed by atoms with Gasteiger partial charge >= 0.3 is 6.03 Å². The highest BCUT2D eigenvalue weighted by Gasteiger charge is 2.61. The Morgan fingerprint density at radius 2 is 1.81 bits per heavy atom. The van der Waals surface area contributed by atoms with Crippen molar-refractivity contribution in [2.45, 2.75) is 61.6 Å². The first-order valence-corrected chi connectivity index (χ1v) is 14.0. The lowest BCUT2D eigenvalue weighted by Crippen LogP contribution is -2.50. The number of carbonyl (C=O) groups is 1. The maximum absolute atomic E-state index is 13.4. The summed E-state index contributed by atoms with van der Waals surface area (Å²) in [6.07, 6.45) is 2.60. The predicted octanol–water partition coefficient (Wildman–Crippen LogP) is 3.41. The van der Waals surface area contributed by atoms with E-state index in [1.54, 1.807) is 24.3 Å². The minimum absolute atomic E-state index is 0.0583. The molecular formula is C25H32FN5O4S. The fourth-order valence-electron chi connectivity index (χ4n) is 4.92. The minimum Gasteiger partial charge on any atom is -0.377 e. The molecule has 2 N–H and O–H groups in total. The molecule has 0 spiro atoms. The third-order valence-electron chi connectivity index (χ3n) is 7.10. The Morgan fingerprint density at radius 3 is 2.39 bits per heavy atom. The number of nitrogens with one attached hydrogen (secondary N) is 2. The van der Waals surface area contributed by atoms with Gasteiger partial charge in [-0.15, -0.1) is 0 Å². The van der Waals surface area contributed by atoms with E-state index in [0.29, 0.717) is 54.6 Å². The monoisotopic (exact) mass is 517 g/mol. The lowest BCUT2D eigenvalue weighted by Gasteiger charge is -2.40. The van der Waals surface area contributed by atoms with E-state index < -0.39 is 27.3 Å². The first-order valence-electron chi connectivity index (χ1n) is 12.5. The molecule has 194 valence electrons. The van der Waals surface area contributed by atoms with Crippen molar-refractivity contribution in [3.05, 3.63) is 36.0 Å². The maximum atomic E-state index is 13.4. The second-order valence-electron chi connectivity index (χ2n) is 9.96. The van der Waals surface area contributed by atoms with Crippen LogP contribution in [-0.2, 0) is 19.3 Å². The third kappa shape index (κ3) is 4.66. The Morgan fingerprint density at radius 1 is 1.14 bits per heavy atom. The van der Waals surface area contributed by atoms with Gasteiger partial charge in [-0.3, -0.25) is 0 Å². The van der Waals surface area contributed by atoms with Crippen LogP contribution in [0, 0.1) is 0 Å². The number of benzene rings is 1. The molecule has 36 heavy (non-hydrogen) atoms. The highest BCUT2D eigenvalue weighted by Crippen LogP contribution is 2.57. The van der Waals surface area contributed by atoms with Gasteiger partial charge in [-0.1, -0.05) is 0 Å². The SMILES string of the molecule is C[C@H]1COC[C@H](C)N1c1cc(C2(S(=O)(=O)C3CC3)CC2)nc(-c2ccc(NC(=O)NCCF)cc2)n1. The summed E-state index contributed by atoms with van der Waals surface area (Å²) in [7, 11) is -3.32. The zero-order valence-corrected chi connectivity index (χ0v) is 21.4. The first kappa shape index (κ1) is 24.9. The van der Waals surface area contributed by atoms with Gasteiger partial charge in [-0.25, -0.2) is 27.6 Å². The smallest absolute Gasteiger partial charge is 0.319 e. The van der Waals surface area contributed by atoms with Crippen LogP contribution in [0.4, 0.5) is 20.7 Å². The molecule has 1 aromatic heterocycles. The molecule has 1 aliphatic heterocycles. The fraction of sp³-hybridized carbons (Fsp3) is 0.560. The van der Waals surface area contributed by atoms with Crippen LogP contribution in [0.25, 0.3) is 11.4 Å². The zero-order chi connectivity index (χ0) is 25.5. The van der Waals surface area contributed by atoms with E-state index in [9.17, 15) is 17.6 Å². The largest absolute Gasteiger partial charge is 0.377 e. The van der Waals surface area contributed by atoms with E-state index in [4.69, 9.17) is 14.7 Å². The second-order valence-corrected chi connectivity index (χ2v) is 12.5. The number of rotatable bonds is 8. The van der Waals surface area contributed by atoms with Crippen molar-refractivity contribution in [3.63, 3.8) is 0 Å². The standard InChI is InChI=1S/C25H32FN5O4S/c1-16-14-35-15-17(2)31(16)22-13-21(25(9-10-25)36(33,34)20-7-8-20)29-23(30-22)18-3-5-19(6-4-18)28-24(32)27-12-11-26/h3-6,13,16-17,20H,7-12,14-15H2,1-2H3,(H2,27,28,32)/t16-,17-/m0/s1. The predicted molar refractivity (Wildman–Crippen MR) is 136 cm³/mol. The summed E-state index contributed by atoms with van der Waals surface area (Å²) in [6, 6.07) is 8.53. The molecule has 0 unspecified atom stereocenters.